The third kappa shape index (κ3) is 6.61. The second-order valence-electron chi connectivity index (χ2n) is 11.2. The monoisotopic (exact) mass is 1030 g/mol. The van der Waals surface area contributed by atoms with E-state index < -0.39 is 128 Å². The van der Waals surface area contributed by atoms with Crippen LogP contribution in [0.1, 0.15) is 6.92 Å². The highest BCUT2D eigenvalue weighted by Gasteiger charge is 3.08. The molecule has 0 radical (unpaired) electrons. The molecule has 0 heterocycles. The van der Waals surface area contributed by atoms with Gasteiger partial charge in [-0.15, -0.1) is 0 Å². The van der Waals surface area contributed by atoms with E-state index in [1.54, 1.807) is 4.43 Å². The van der Waals surface area contributed by atoms with Crippen LogP contribution in [0.5, 0.6) is 0 Å². The van der Waals surface area contributed by atoms with Gasteiger partial charge >= 0.3 is 115 Å². The predicted molar refractivity (Wildman–Crippen MR) is 110 cm³/mol. The topological polar surface area (TPSA) is 9.23 Å². The summed E-state index contributed by atoms with van der Waals surface area (Å²) in [7, 11) is -13.5. The molecule has 368 valence electrons. The lowest BCUT2D eigenvalue weighted by Gasteiger charge is -2.53. The predicted octanol–water partition coefficient (Wildman–Crippen LogP) is 12.8. The van der Waals surface area contributed by atoms with Crippen molar-refractivity contribution in [2.24, 2.45) is 0 Å². The Bertz CT molecular complexity index is 1390. The van der Waals surface area contributed by atoms with Crippen LogP contribution in [-0.4, -0.2) is 121 Å². The van der Waals surface area contributed by atoms with Crippen molar-refractivity contribution in [3.8, 4) is 0 Å². The van der Waals surface area contributed by atoms with Crippen molar-refractivity contribution in [3.05, 3.63) is 0 Å². The maximum atomic E-state index is 15.4. The maximum Gasteiger partial charge on any atom is 0.460 e. The first-order chi connectivity index (χ1) is 25.6. The average Bonchev–Trinajstić information content (AvgIpc) is 3.00. The zero-order chi connectivity index (χ0) is 50.9. The minimum absolute atomic E-state index is 1.22. The van der Waals surface area contributed by atoms with E-state index in [9.17, 15) is 145 Å². The summed E-state index contributed by atoms with van der Waals surface area (Å²) in [5.74, 6) is -121. The molecule has 1 nitrogen and oxygen atoms in total. The molecule has 0 aromatic carbocycles. The van der Waals surface area contributed by atoms with Crippen LogP contribution in [-0.2, 0) is 4.43 Å². The summed E-state index contributed by atoms with van der Waals surface area (Å²) in [5.41, 5.74) is -32.8. The molecule has 0 aromatic rings. The SMILES string of the molecule is CCO[Si](C(F)(F)C(F)(F)C(F)(F)C(F)(F)C(F)(F)C(F)(F)F)(C(F)(F)C(F)(F)C(F)(F)C(F)(F)C(F)(F)C(F)(F)F)C(F)(F)C(F)(F)C(F)(F)C(F)(F)C(F)(F)C(F)(F)F. The highest BCUT2D eigenvalue weighted by Crippen LogP contribution is 2.72. The van der Waals surface area contributed by atoms with Gasteiger partial charge in [-0.2, -0.15) is 145 Å². The van der Waals surface area contributed by atoms with Crippen LogP contribution < -0.4 is 0 Å². The maximum absolute atomic E-state index is 15.4. The summed E-state index contributed by atoms with van der Waals surface area (Å²) in [5, 5.41) is 0. The van der Waals surface area contributed by atoms with E-state index >= 15 is 26.3 Å². The summed E-state index contributed by atoms with van der Waals surface area (Å²) in [6.07, 6.45) is -26.3. The fourth-order valence-electron chi connectivity index (χ4n) is 4.05. The molecular formula is C20H5F39OSi. The molecule has 0 saturated carbocycles. The molecule has 0 spiro atoms. The van der Waals surface area contributed by atoms with Crippen LogP contribution in [0.2, 0.25) is 0 Å². The molecule has 61 heavy (non-hydrogen) atoms. The number of halogens is 39. The molecular weight excluding hydrogens is 1030 g/mol. The zero-order valence-electron chi connectivity index (χ0n) is 26.4. The van der Waals surface area contributed by atoms with Gasteiger partial charge in [-0.25, -0.2) is 26.3 Å². The quantitative estimate of drug-likeness (QED) is 0.104. The lowest BCUT2D eigenvalue weighted by molar-refractivity contribution is -0.447. The van der Waals surface area contributed by atoms with E-state index in [1.807, 2.05) is 0 Å². The summed E-state index contributed by atoms with van der Waals surface area (Å²) in [6, 6.07) is 0. The first-order valence-corrected chi connectivity index (χ1v) is 15.0. The van der Waals surface area contributed by atoms with Gasteiger partial charge in [0.2, 0.25) is 0 Å². The minimum atomic E-state index is -13.5. The normalized spacial score (nSPS) is 17.3. The average molecular weight is 1030 g/mol. The van der Waals surface area contributed by atoms with Crippen molar-refractivity contribution in [1.82, 2.24) is 0 Å². The van der Waals surface area contributed by atoms with Crippen molar-refractivity contribution in [1.29, 1.82) is 0 Å². The second-order valence-corrected chi connectivity index (χ2v) is 14.8. The third-order valence-electron chi connectivity index (χ3n) is 7.49. The molecule has 0 rings (SSSR count). The van der Waals surface area contributed by atoms with Gasteiger partial charge in [0, 0.05) is 6.61 Å². The Kier molecular flexibility index (Phi) is 13.6. The van der Waals surface area contributed by atoms with Gasteiger partial charge in [0.15, 0.2) is 0 Å². The largest absolute Gasteiger partial charge is 0.460 e. The Balaban J connectivity index is 9.75. The van der Waals surface area contributed by atoms with Crippen LogP contribution >= 0.6 is 0 Å². The van der Waals surface area contributed by atoms with Crippen LogP contribution in [0.3, 0.4) is 0 Å². The summed E-state index contributed by atoms with van der Waals surface area (Å²) < 4.78 is 541. The van der Waals surface area contributed by atoms with Gasteiger partial charge < -0.3 is 4.43 Å². The molecule has 0 aromatic heterocycles. The van der Waals surface area contributed by atoms with E-state index in [4.69, 9.17) is 0 Å². The van der Waals surface area contributed by atoms with Gasteiger partial charge in [-0.3, -0.25) is 0 Å². The van der Waals surface area contributed by atoms with E-state index in [2.05, 4.69) is 0 Å². The van der Waals surface area contributed by atoms with E-state index in [1.165, 1.54) is 0 Å². The van der Waals surface area contributed by atoms with Crippen molar-refractivity contribution in [3.63, 3.8) is 0 Å². The van der Waals surface area contributed by atoms with E-state index in [0.717, 1.165) is 0 Å². The Morgan fingerprint density at radius 1 is 0.230 bits per heavy atom. The molecule has 0 amide bonds. The fraction of sp³-hybridized carbons (Fsp3) is 1.00. The fourth-order valence-corrected chi connectivity index (χ4v) is 8.01. The minimum Gasteiger partial charge on any atom is -0.402 e. The van der Waals surface area contributed by atoms with Crippen LogP contribution in [0.15, 0.2) is 0 Å². The lowest BCUT2D eigenvalue weighted by atomic mass is 9.97. The number of hydrogen-bond acceptors (Lipinski definition) is 1. The Morgan fingerprint density at radius 2 is 0.361 bits per heavy atom. The standard InChI is InChI=1S/C20H5F39OSi/c1-2-60-61(18(54,55)12(39,40)6(27,28)3(21,22)9(33,34)15(45,46)47,19(56,57)13(41,42)7(29,30)4(23,24)10(35,36)16(48,49)50)20(58,59)14(43,44)8(31,32)5(25,26)11(37,38)17(51,52)53/h2H2,1H3. The number of rotatable bonds is 17. The van der Waals surface area contributed by atoms with Crippen molar-refractivity contribution < 1.29 is 176 Å². The summed E-state index contributed by atoms with van der Waals surface area (Å²) in [6.45, 7) is -5.24. The summed E-state index contributed by atoms with van der Waals surface area (Å²) in [4.78, 5) is 0. The molecule has 0 aliphatic heterocycles. The molecule has 0 saturated heterocycles. The molecule has 0 aliphatic rings. The lowest BCUT2D eigenvalue weighted by Crippen LogP contribution is -2.92. The van der Waals surface area contributed by atoms with Crippen LogP contribution in [0.25, 0.3) is 0 Å². The van der Waals surface area contributed by atoms with Gasteiger partial charge in [-0.05, 0) is 6.92 Å². The second kappa shape index (κ2) is 14.2. The first-order valence-electron chi connectivity index (χ1n) is 13.1. The van der Waals surface area contributed by atoms with Crippen molar-refractivity contribution in [2.75, 3.05) is 6.61 Å². The van der Waals surface area contributed by atoms with Crippen molar-refractivity contribution >= 4 is 8.32 Å². The van der Waals surface area contributed by atoms with Crippen molar-refractivity contribution in [2.45, 2.75) is 113 Å². The van der Waals surface area contributed by atoms with Gasteiger partial charge in [0.05, 0.1) is 0 Å². The molecule has 0 aliphatic carbocycles. The Hall–Kier alpha value is -2.55. The molecule has 0 atom stereocenters. The summed E-state index contributed by atoms with van der Waals surface area (Å²) >= 11 is 0. The molecule has 41 heteroatoms. The third-order valence-corrected chi connectivity index (χ3v) is 11.8. The Morgan fingerprint density at radius 3 is 0.475 bits per heavy atom. The number of alkyl halides is 39. The smallest absolute Gasteiger partial charge is 0.402 e. The van der Waals surface area contributed by atoms with E-state index in [-0.39, 0.29) is 0 Å². The molecule has 0 unspecified atom stereocenters. The highest BCUT2D eigenvalue weighted by molar-refractivity contribution is 6.81. The van der Waals surface area contributed by atoms with E-state index in [0.29, 0.717) is 0 Å². The Labute approximate surface area is 305 Å². The number of hydrogen-bond donors (Lipinski definition) is 0. The van der Waals surface area contributed by atoms with Crippen LogP contribution in [0.4, 0.5) is 171 Å². The molecule has 0 bridgehead atoms. The van der Waals surface area contributed by atoms with Gasteiger partial charge in [0.1, 0.15) is 0 Å². The molecule has 0 N–H and O–H groups in total. The zero-order valence-corrected chi connectivity index (χ0v) is 27.4. The molecule has 0 fully saturated rings. The van der Waals surface area contributed by atoms with Gasteiger partial charge in [-0.1, -0.05) is 0 Å². The highest BCUT2D eigenvalue weighted by atomic mass is 28.4. The van der Waals surface area contributed by atoms with Gasteiger partial charge in [0.25, 0.3) is 0 Å². The van der Waals surface area contributed by atoms with Crippen LogP contribution in [0, 0.1) is 0 Å². The first kappa shape index (κ1) is 58.4.